The van der Waals surface area contributed by atoms with Crippen LogP contribution in [0.5, 0.6) is 0 Å². The van der Waals surface area contributed by atoms with E-state index in [0.29, 0.717) is 5.56 Å². The lowest BCUT2D eigenvalue weighted by Crippen LogP contribution is -2.02. The van der Waals surface area contributed by atoms with Crippen LogP contribution in [0.4, 0.5) is 4.39 Å². The number of nitrogens with zero attached hydrogens (tertiary/aromatic N) is 2. The van der Waals surface area contributed by atoms with Crippen molar-refractivity contribution in [2.45, 2.75) is 11.9 Å². The van der Waals surface area contributed by atoms with Crippen molar-refractivity contribution in [3.63, 3.8) is 0 Å². The standard InChI is InChI=1S/C21H15FN2OS2/c1-13-18(15-5-3-2-4-6-15)19-20(23-12-24-21(19)27-13)26-11-17(25)14-7-9-16(22)10-8-14/h2-10,12H,11H2,1H3. The predicted octanol–water partition coefficient (Wildman–Crippen LogP) is 5.78. The third kappa shape index (κ3) is 3.63. The summed E-state index contributed by atoms with van der Waals surface area (Å²) in [4.78, 5) is 23.4. The van der Waals surface area contributed by atoms with Gasteiger partial charge in [-0.25, -0.2) is 14.4 Å². The number of thioether (sulfide) groups is 1. The van der Waals surface area contributed by atoms with Gasteiger partial charge in [0.2, 0.25) is 0 Å². The van der Waals surface area contributed by atoms with Gasteiger partial charge >= 0.3 is 0 Å². The Morgan fingerprint density at radius 1 is 1.07 bits per heavy atom. The second-order valence-electron chi connectivity index (χ2n) is 5.98. The molecule has 0 radical (unpaired) electrons. The second-order valence-corrected chi connectivity index (χ2v) is 8.14. The van der Waals surface area contributed by atoms with E-state index in [4.69, 9.17) is 0 Å². The minimum Gasteiger partial charge on any atom is -0.293 e. The monoisotopic (exact) mass is 394 g/mol. The third-order valence-corrected chi connectivity index (χ3v) is 6.20. The Labute approximate surface area is 164 Å². The molecular weight excluding hydrogens is 379 g/mol. The summed E-state index contributed by atoms with van der Waals surface area (Å²) >= 11 is 3.02. The van der Waals surface area contributed by atoms with E-state index in [-0.39, 0.29) is 17.4 Å². The molecule has 2 aromatic carbocycles. The van der Waals surface area contributed by atoms with Crippen LogP contribution in [0.1, 0.15) is 15.2 Å². The van der Waals surface area contributed by atoms with Crippen molar-refractivity contribution >= 4 is 39.1 Å². The number of Topliss-reactive ketones (excluding diaryl/α,β-unsaturated/α-hetero) is 1. The molecule has 0 N–H and O–H groups in total. The molecule has 0 aliphatic carbocycles. The molecule has 2 heterocycles. The molecule has 0 aliphatic rings. The SMILES string of the molecule is Cc1sc2ncnc(SCC(=O)c3ccc(F)cc3)c2c1-c1ccccc1. The summed E-state index contributed by atoms with van der Waals surface area (Å²) in [6.45, 7) is 2.08. The van der Waals surface area contributed by atoms with Crippen LogP contribution in [0.3, 0.4) is 0 Å². The molecule has 0 spiro atoms. The molecule has 0 atom stereocenters. The highest BCUT2D eigenvalue weighted by molar-refractivity contribution is 8.00. The molecule has 6 heteroatoms. The maximum absolute atomic E-state index is 13.1. The van der Waals surface area contributed by atoms with E-state index in [0.717, 1.165) is 26.4 Å². The number of aryl methyl sites for hydroxylation is 1. The summed E-state index contributed by atoms with van der Waals surface area (Å²) in [6.07, 6.45) is 1.54. The van der Waals surface area contributed by atoms with Crippen molar-refractivity contribution in [3.8, 4) is 11.1 Å². The maximum Gasteiger partial charge on any atom is 0.173 e. The normalized spacial score (nSPS) is 11.0. The van der Waals surface area contributed by atoms with Crippen LogP contribution in [0, 0.1) is 12.7 Å². The van der Waals surface area contributed by atoms with E-state index in [9.17, 15) is 9.18 Å². The minimum atomic E-state index is -0.349. The molecule has 134 valence electrons. The van der Waals surface area contributed by atoms with Crippen LogP contribution in [-0.4, -0.2) is 21.5 Å². The molecule has 0 bridgehead atoms. The number of benzene rings is 2. The van der Waals surface area contributed by atoms with Crippen LogP contribution in [0.15, 0.2) is 66.0 Å². The van der Waals surface area contributed by atoms with Gasteiger partial charge in [0, 0.05) is 16.0 Å². The van der Waals surface area contributed by atoms with E-state index in [1.165, 1.54) is 47.2 Å². The van der Waals surface area contributed by atoms with E-state index in [1.54, 1.807) is 11.3 Å². The number of hydrogen-bond donors (Lipinski definition) is 0. The summed E-state index contributed by atoms with van der Waals surface area (Å²) in [5, 5.41) is 1.78. The second kappa shape index (κ2) is 7.58. The van der Waals surface area contributed by atoms with E-state index >= 15 is 0 Å². The number of ketones is 1. The van der Waals surface area contributed by atoms with Crippen LogP contribution in [-0.2, 0) is 0 Å². The number of rotatable bonds is 5. The lowest BCUT2D eigenvalue weighted by atomic mass is 10.0. The van der Waals surface area contributed by atoms with Gasteiger partial charge in [0.1, 0.15) is 22.0 Å². The van der Waals surface area contributed by atoms with Crippen molar-refractivity contribution in [3.05, 3.63) is 77.2 Å². The van der Waals surface area contributed by atoms with E-state index in [1.807, 2.05) is 18.2 Å². The molecule has 3 nitrogen and oxygen atoms in total. The van der Waals surface area contributed by atoms with Gasteiger partial charge in [-0.05, 0) is 36.8 Å². The zero-order valence-corrected chi connectivity index (χ0v) is 16.1. The van der Waals surface area contributed by atoms with Gasteiger partial charge in [-0.15, -0.1) is 11.3 Å². The van der Waals surface area contributed by atoms with Crippen LogP contribution >= 0.6 is 23.1 Å². The zero-order chi connectivity index (χ0) is 18.8. The van der Waals surface area contributed by atoms with Crippen LogP contribution < -0.4 is 0 Å². The fraction of sp³-hybridized carbons (Fsp3) is 0.0952. The molecule has 0 saturated heterocycles. The topological polar surface area (TPSA) is 42.9 Å². The summed E-state index contributed by atoms with van der Waals surface area (Å²) in [7, 11) is 0. The summed E-state index contributed by atoms with van der Waals surface area (Å²) in [5.74, 6) is -0.168. The molecule has 0 saturated carbocycles. The van der Waals surface area contributed by atoms with Gasteiger partial charge in [0.15, 0.2) is 5.78 Å². The lowest BCUT2D eigenvalue weighted by molar-refractivity contribution is 0.102. The average Bonchev–Trinajstić information content (AvgIpc) is 3.03. The Hall–Kier alpha value is -2.57. The number of aromatic nitrogens is 2. The molecule has 27 heavy (non-hydrogen) atoms. The van der Waals surface area contributed by atoms with Crippen LogP contribution in [0.25, 0.3) is 21.3 Å². The fourth-order valence-electron chi connectivity index (χ4n) is 2.93. The highest BCUT2D eigenvalue weighted by Crippen LogP contribution is 2.41. The molecule has 0 amide bonds. The first-order valence-corrected chi connectivity index (χ1v) is 10.1. The van der Waals surface area contributed by atoms with Crippen molar-refractivity contribution in [2.24, 2.45) is 0 Å². The van der Waals surface area contributed by atoms with Crippen molar-refractivity contribution < 1.29 is 9.18 Å². The number of halogens is 1. The van der Waals surface area contributed by atoms with Gasteiger partial charge in [-0.2, -0.15) is 0 Å². The van der Waals surface area contributed by atoms with Crippen molar-refractivity contribution in [2.75, 3.05) is 5.75 Å². The van der Waals surface area contributed by atoms with Crippen LogP contribution in [0.2, 0.25) is 0 Å². The van der Waals surface area contributed by atoms with Gasteiger partial charge in [0.05, 0.1) is 11.1 Å². The summed E-state index contributed by atoms with van der Waals surface area (Å²) < 4.78 is 13.1. The third-order valence-electron chi connectivity index (χ3n) is 4.20. The van der Waals surface area contributed by atoms with Crippen molar-refractivity contribution in [1.82, 2.24) is 9.97 Å². The molecule has 4 aromatic rings. The smallest absolute Gasteiger partial charge is 0.173 e. The molecular formula is C21H15FN2OS2. The van der Waals surface area contributed by atoms with Gasteiger partial charge < -0.3 is 0 Å². The molecule has 0 aliphatic heterocycles. The quantitative estimate of drug-likeness (QED) is 0.244. The fourth-order valence-corrected chi connectivity index (χ4v) is 4.91. The van der Waals surface area contributed by atoms with Gasteiger partial charge in [0.25, 0.3) is 0 Å². The first-order chi connectivity index (χ1) is 13.1. The molecule has 4 rings (SSSR count). The number of hydrogen-bond acceptors (Lipinski definition) is 5. The first-order valence-electron chi connectivity index (χ1n) is 8.34. The highest BCUT2D eigenvalue weighted by Gasteiger charge is 2.18. The largest absolute Gasteiger partial charge is 0.293 e. The van der Waals surface area contributed by atoms with Crippen molar-refractivity contribution in [1.29, 1.82) is 0 Å². The molecule has 2 aromatic heterocycles. The first kappa shape index (κ1) is 17.8. The summed E-state index contributed by atoms with van der Waals surface area (Å²) in [5.41, 5.74) is 2.73. The maximum atomic E-state index is 13.1. The zero-order valence-electron chi connectivity index (χ0n) is 14.5. The Kier molecular flexibility index (Phi) is 5.01. The van der Waals surface area contributed by atoms with Gasteiger partial charge in [-0.1, -0.05) is 42.1 Å². The Morgan fingerprint density at radius 2 is 1.81 bits per heavy atom. The Morgan fingerprint density at radius 3 is 2.56 bits per heavy atom. The van der Waals surface area contributed by atoms with Gasteiger partial charge in [-0.3, -0.25) is 4.79 Å². The lowest BCUT2D eigenvalue weighted by Gasteiger charge is -2.06. The van der Waals surface area contributed by atoms with E-state index in [2.05, 4.69) is 29.0 Å². The average molecular weight is 394 g/mol. The number of fused-ring (bicyclic) bond motifs is 1. The number of carbonyl (C=O) groups excluding carboxylic acids is 1. The number of thiophene rings is 1. The summed E-state index contributed by atoms with van der Waals surface area (Å²) in [6, 6.07) is 15.8. The molecule has 0 fully saturated rings. The number of carbonyl (C=O) groups is 1. The highest BCUT2D eigenvalue weighted by atomic mass is 32.2. The Bertz CT molecular complexity index is 1110. The Balaban J connectivity index is 1.68. The van der Waals surface area contributed by atoms with E-state index < -0.39 is 0 Å². The molecule has 0 unspecified atom stereocenters. The minimum absolute atomic E-state index is 0.0556. The predicted molar refractivity (Wildman–Crippen MR) is 109 cm³/mol.